The molecule has 1 amide bonds. The molecule has 1 fully saturated rings. The number of rotatable bonds is 4. The molecule has 1 saturated heterocycles. The van der Waals surface area contributed by atoms with Crippen molar-refractivity contribution < 1.29 is 19.1 Å². The second kappa shape index (κ2) is 7.09. The van der Waals surface area contributed by atoms with Gasteiger partial charge < -0.3 is 10.0 Å². The highest BCUT2D eigenvalue weighted by molar-refractivity contribution is 7.13. The summed E-state index contributed by atoms with van der Waals surface area (Å²) in [6.07, 6.45) is 2.20. The number of thiazole rings is 1. The van der Waals surface area contributed by atoms with Crippen molar-refractivity contribution in [3.63, 3.8) is 0 Å². The summed E-state index contributed by atoms with van der Waals surface area (Å²) in [7, 11) is 0. The van der Waals surface area contributed by atoms with E-state index in [0.717, 1.165) is 12.8 Å². The number of piperidine rings is 1. The smallest absolute Gasteiger partial charge is 0.326 e. The number of nitrogens with zero attached hydrogens (tertiary/aromatic N) is 2. The summed E-state index contributed by atoms with van der Waals surface area (Å²) in [5.74, 6) is -1.52. The van der Waals surface area contributed by atoms with Gasteiger partial charge in [-0.3, -0.25) is 4.79 Å². The average Bonchev–Trinajstić information content (AvgIpc) is 3.03. The highest BCUT2D eigenvalue weighted by Gasteiger charge is 2.32. The Bertz CT molecular complexity index is 762. The van der Waals surface area contributed by atoms with Gasteiger partial charge in [0.05, 0.1) is 12.1 Å². The topological polar surface area (TPSA) is 70.5 Å². The van der Waals surface area contributed by atoms with Crippen LogP contribution in [0.4, 0.5) is 4.39 Å². The molecule has 1 aromatic carbocycles. The lowest BCUT2D eigenvalue weighted by Gasteiger charge is -2.32. The van der Waals surface area contributed by atoms with Gasteiger partial charge in [0, 0.05) is 17.5 Å². The van der Waals surface area contributed by atoms with Crippen LogP contribution in [0.15, 0.2) is 29.6 Å². The fraction of sp³-hybridized carbons (Fsp3) is 0.353. The molecule has 1 N–H and O–H groups in total. The van der Waals surface area contributed by atoms with E-state index in [-0.39, 0.29) is 18.1 Å². The van der Waals surface area contributed by atoms with E-state index >= 15 is 0 Å². The number of benzene rings is 1. The molecule has 126 valence electrons. The molecule has 1 aromatic heterocycles. The highest BCUT2D eigenvalue weighted by Crippen LogP contribution is 2.25. The first-order valence-corrected chi connectivity index (χ1v) is 8.65. The predicted molar refractivity (Wildman–Crippen MR) is 88.2 cm³/mol. The van der Waals surface area contributed by atoms with Crippen molar-refractivity contribution in [3.05, 3.63) is 41.2 Å². The van der Waals surface area contributed by atoms with Crippen molar-refractivity contribution in [1.82, 2.24) is 9.88 Å². The van der Waals surface area contributed by atoms with Crippen LogP contribution in [0.1, 0.15) is 25.0 Å². The number of likely N-dealkylation sites (tertiary alicyclic amines) is 1. The molecule has 0 bridgehead atoms. The number of carboxylic acid groups (broad SMARTS) is 1. The molecule has 1 aliphatic heterocycles. The number of aromatic nitrogens is 1. The molecule has 2 aromatic rings. The van der Waals surface area contributed by atoms with E-state index in [0.29, 0.717) is 29.2 Å². The van der Waals surface area contributed by atoms with Gasteiger partial charge in [0.25, 0.3) is 0 Å². The van der Waals surface area contributed by atoms with E-state index in [1.807, 2.05) is 0 Å². The lowest BCUT2D eigenvalue weighted by molar-refractivity contribution is -0.151. The van der Waals surface area contributed by atoms with E-state index in [9.17, 15) is 19.1 Å². The molecule has 5 nitrogen and oxygen atoms in total. The largest absolute Gasteiger partial charge is 0.480 e. The van der Waals surface area contributed by atoms with Gasteiger partial charge >= 0.3 is 5.97 Å². The first-order chi connectivity index (χ1) is 11.5. The summed E-state index contributed by atoms with van der Waals surface area (Å²) in [6.45, 7) is 0.469. The number of carbonyl (C=O) groups excluding carboxylic acids is 1. The number of carbonyl (C=O) groups is 2. The summed E-state index contributed by atoms with van der Waals surface area (Å²) < 4.78 is 13.3. The maximum Gasteiger partial charge on any atom is 0.326 e. The second-order valence-electron chi connectivity index (χ2n) is 5.77. The monoisotopic (exact) mass is 348 g/mol. The highest BCUT2D eigenvalue weighted by atomic mass is 32.1. The van der Waals surface area contributed by atoms with Crippen molar-refractivity contribution in [2.45, 2.75) is 31.7 Å². The van der Waals surface area contributed by atoms with Crippen LogP contribution in [-0.4, -0.2) is 39.5 Å². The third-order valence-corrected chi connectivity index (χ3v) is 5.00. The van der Waals surface area contributed by atoms with Gasteiger partial charge in [-0.05, 0) is 31.4 Å². The molecule has 0 saturated carbocycles. The number of aliphatic carboxylic acids is 1. The molecule has 24 heavy (non-hydrogen) atoms. The number of amides is 1. The molecule has 0 radical (unpaired) electrons. The fourth-order valence-electron chi connectivity index (χ4n) is 2.89. The second-order valence-corrected chi connectivity index (χ2v) is 6.63. The maximum atomic E-state index is 13.3. The van der Waals surface area contributed by atoms with Crippen LogP contribution in [0.2, 0.25) is 0 Å². The molecule has 2 heterocycles. The lowest BCUT2D eigenvalue weighted by atomic mass is 10.0. The molecular weight excluding hydrogens is 331 g/mol. The van der Waals surface area contributed by atoms with Gasteiger partial charge in [-0.1, -0.05) is 12.1 Å². The van der Waals surface area contributed by atoms with Crippen molar-refractivity contribution in [3.8, 4) is 10.6 Å². The Balaban J connectivity index is 1.72. The van der Waals surface area contributed by atoms with E-state index in [4.69, 9.17) is 0 Å². The Labute approximate surface area is 142 Å². The quantitative estimate of drug-likeness (QED) is 0.922. The number of carboxylic acids is 1. The third kappa shape index (κ3) is 3.62. The van der Waals surface area contributed by atoms with Crippen molar-refractivity contribution >= 4 is 23.2 Å². The van der Waals surface area contributed by atoms with Gasteiger partial charge in [0.1, 0.15) is 16.9 Å². The number of halogens is 1. The summed E-state index contributed by atoms with van der Waals surface area (Å²) in [6, 6.07) is 5.40. The van der Waals surface area contributed by atoms with Gasteiger partial charge in [-0.15, -0.1) is 11.3 Å². The van der Waals surface area contributed by atoms with Crippen LogP contribution >= 0.6 is 11.3 Å². The number of hydrogen-bond donors (Lipinski definition) is 1. The fourth-order valence-corrected chi connectivity index (χ4v) is 3.70. The molecule has 1 atom stereocenters. The Morgan fingerprint density at radius 2 is 2.21 bits per heavy atom. The Morgan fingerprint density at radius 1 is 1.38 bits per heavy atom. The summed E-state index contributed by atoms with van der Waals surface area (Å²) in [4.78, 5) is 29.6. The van der Waals surface area contributed by atoms with E-state index in [2.05, 4.69) is 4.98 Å². The Morgan fingerprint density at radius 3 is 2.96 bits per heavy atom. The molecule has 0 unspecified atom stereocenters. The SMILES string of the molecule is O=C(O)[C@@H]1CCCCN1C(=O)Cc1csc(-c2cccc(F)c2)n1. The van der Waals surface area contributed by atoms with E-state index < -0.39 is 12.0 Å². The van der Waals surface area contributed by atoms with Crippen LogP contribution in [0.25, 0.3) is 10.6 Å². The summed E-state index contributed by atoms with van der Waals surface area (Å²) >= 11 is 1.34. The Hall–Kier alpha value is -2.28. The molecule has 7 heteroatoms. The van der Waals surface area contributed by atoms with Crippen LogP contribution in [-0.2, 0) is 16.0 Å². The maximum absolute atomic E-state index is 13.3. The standard InChI is InChI=1S/C17H17FN2O3S/c18-12-5-3-4-11(8-12)16-19-13(10-24-16)9-15(21)20-7-2-1-6-14(20)17(22)23/h3-5,8,10,14H,1-2,6-7,9H2,(H,22,23)/t14-/m0/s1. The zero-order valence-corrected chi connectivity index (χ0v) is 13.8. The van der Waals surface area contributed by atoms with Gasteiger partial charge in [0.15, 0.2) is 0 Å². The minimum Gasteiger partial charge on any atom is -0.480 e. The lowest BCUT2D eigenvalue weighted by Crippen LogP contribution is -2.48. The molecular formula is C17H17FN2O3S. The van der Waals surface area contributed by atoms with Crippen molar-refractivity contribution in [2.75, 3.05) is 6.54 Å². The molecule has 0 spiro atoms. The van der Waals surface area contributed by atoms with Gasteiger partial charge in [0.2, 0.25) is 5.91 Å². The normalized spacial score (nSPS) is 17.7. The van der Waals surface area contributed by atoms with Crippen molar-refractivity contribution in [1.29, 1.82) is 0 Å². The molecule has 1 aliphatic rings. The van der Waals surface area contributed by atoms with Crippen LogP contribution in [0, 0.1) is 5.82 Å². The van der Waals surface area contributed by atoms with E-state index in [1.165, 1.54) is 28.4 Å². The van der Waals surface area contributed by atoms with Crippen LogP contribution in [0.5, 0.6) is 0 Å². The molecule has 0 aliphatic carbocycles. The van der Waals surface area contributed by atoms with Crippen LogP contribution < -0.4 is 0 Å². The summed E-state index contributed by atoms with van der Waals surface area (Å²) in [5.41, 5.74) is 1.25. The van der Waals surface area contributed by atoms with Gasteiger partial charge in [-0.25, -0.2) is 14.2 Å². The average molecular weight is 348 g/mol. The Kier molecular flexibility index (Phi) is 4.89. The predicted octanol–water partition coefficient (Wildman–Crippen LogP) is 2.96. The first-order valence-electron chi connectivity index (χ1n) is 7.77. The first kappa shape index (κ1) is 16.6. The van der Waals surface area contributed by atoms with Gasteiger partial charge in [-0.2, -0.15) is 0 Å². The van der Waals surface area contributed by atoms with E-state index in [1.54, 1.807) is 17.5 Å². The number of hydrogen-bond acceptors (Lipinski definition) is 4. The van der Waals surface area contributed by atoms with Crippen LogP contribution in [0.3, 0.4) is 0 Å². The minimum atomic E-state index is -0.957. The minimum absolute atomic E-state index is 0.0651. The third-order valence-electron chi connectivity index (χ3n) is 4.06. The van der Waals surface area contributed by atoms with Crippen molar-refractivity contribution in [2.24, 2.45) is 0 Å². The molecule has 3 rings (SSSR count). The zero-order chi connectivity index (χ0) is 17.1. The zero-order valence-electron chi connectivity index (χ0n) is 12.9. The summed E-state index contributed by atoms with van der Waals surface area (Å²) in [5, 5.41) is 11.7.